The van der Waals surface area contributed by atoms with Gasteiger partial charge >= 0.3 is 0 Å². The minimum Gasteiger partial charge on any atom is -0.394 e. The summed E-state index contributed by atoms with van der Waals surface area (Å²) in [7, 11) is 0. The van der Waals surface area contributed by atoms with E-state index in [0.717, 1.165) is 32.1 Å². The van der Waals surface area contributed by atoms with Crippen LogP contribution >= 0.6 is 11.6 Å². The largest absolute Gasteiger partial charge is 0.394 e. The van der Waals surface area contributed by atoms with Gasteiger partial charge in [0.05, 0.1) is 24.0 Å². The first-order chi connectivity index (χ1) is 9.12. The van der Waals surface area contributed by atoms with Crippen LogP contribution < -0.4 is 10.9 Å². The maximum Gasteiger partial charge on any atom is 0.287 e. The van der Waals surface area contributed by atoms with Crippen molar-refractivity contribution in [3.05, 3.63) is 21.6 Å². The van der Waals surface area contributed by atoms with Crippen molar-refractivity contribution < 1.29 is 5.11 Å². The molecular formula is C13H20ClN3O2. The molecule has 0 saturated heterocycles. The maximum absolute atomic E-state index is 12.0. The summed E-state index contributed by atoms with van der Waals surface area (Å²) >= 11 is 6.11. The summed E-state index contributed by atoms with van der Waals surface area (Å²) in [5.41, 5.74) is -0.108. The van der Waals surface area contributed by atoms with Crippen molar-refractivity contribution in [3.63, 3.8) is 0 Å². The van der Waals surface area contributed by atoms with Crippen LogP contribution in [0.1, 0.15) is 39.0 Å². The first-order valence-electron chi connectivity index (χ1n) is 6.76. The Morgan fingerprint density at radius 2 is 2.21 bits per heavy atom. The lowest BCUT2D eigenvalue weighted by Crippen LogP contribution is -2.40. The number of aliphatic hydroxyl groups excluding tert-OH is 1. The Hall–Kier alpha value is -1.07. The van der Waals surface area contributed by atoms with E-state index in [1.54, 1.807) is 6.20 Å². The number of halogens is 1. The van der Waals surface area contributed by atoms with Gasteiger partial charge in [-0.05, 0) is 19.3 Å². The number of hydrogen-bond acceptors (Lipinski definition) is 4. The van der Waals surface area contributed by atoms with Crippen LogP contribution in [0.15, 0.2) is 11.0 Å². The Morgan fingerprint density at radius 1 is 1.53 bits per heavy atom. The number of aromatic nitrogens is 2. The van der Waals surface area contributed by atoms with E-state index in [4.69, 9.17) is 11.6 Å². The van der Waals surface area contributed by atoms with Gasteiger partial charge in [-0.2, -0.15) is 5.10 Å². The van der Waals surface area contributed by atoms with Crippen molar-refractivity contribution in [2.24, 2.45) is 0 Å². The highest BCUT2D eigenvalue weighted by atomic mass is 35.5. The lowest BCUT2D eigenvalue weighted by atomic mass is 9.99. The molecule has 1 heterocycles. The fourth-order valence-electron chi connectivity index (χ4n) is 2.58. The number of nitrogens with one attached hydrogen (secondary N) is 1. The van der Waals surface area contributed by atoms with Crippen LogP contribution in [0.4, 0.5) is 5.69 Å². The highest BCUT2D eigenvalue weighted by Gasteiger charge is 2.33. The normalized spacial score (nSPS) is 17.6. The van der Waals surface area contributed by atoms with Gasteiger partial charge in [-0.3, -0.25) is 4.79 Å². The summed E-state index contributed by atoms with van der Waals surface area (Å²) in [5.74, 6) is 0. The molecule has 19 heavy (non-hydrogen) atoms. The first-order valence-corrected chi connectivity index (χ1v) is 7.14. The molecule has 6 heteroatoms. The number of aryl methyl sites for hydroxylation is 1. The van der Waals surface area contributed by atoms with E-state index in [2.05, 4.69) is 10.4 Å². The van der Waals surface area contributed by atoms with Crippen molar-refractivity contribution in [1.29, 1.82) is 0 Å². The molecule has 1 aliphatic carbocycles. The van der Waals surface area contributed by atoms with Gasteiger partial charge in [0.15, 0.2) is 0 Å². The van der Waals surface area contributed by atoms with Crippen LogP contribution in [0.25, 0.3) is 0 Å². The maximum atomic E-state index is 12.0. The molecule has 1 aromatic rings. The van der Waals surface area contributed by atoms with Crippen molar-refractivity contribution in [1.82, 2.24) is 9.78 Å². The van der Waals surface area contributed by atoms with Crippen LogP contribution in [-0.4, -0.2) is 27.0 Å². The monoisotopic (exact) mass is 285 g/mol. The number of nitrogens with zero attached hydrogens (tertiary/aromatic N) is 2. The summed E-state index contributed by atoms with van der Waals surface area (Å²) in [6.45, 7) is 2.58. The van der Waals surface area contributed by atoms with E-state index >= 15 is 0 Å². The zero-order valence-electron chi connectivity index (χ0n) is 11.2. The zero-order chi connectivity index (χ0) is 13.9. The van der Waals surface area contributed by atoms with Gasteiger partial charge in [-0.15, -0.1) is 0 Å². The van der Waals surface area contributed by atoms with Gasteiger partial charge < -0.3 is 10.4 Å². The molecule has 0 amide bonds. The SMILES string of the molecule is CCCn1ncc(NC2(CO)CCCC2)c(Cl)c1=O. The Morgan fingerprint density at radius 3 is 2.79 bits per heavy atom. The molecule has 0 atom stereocenters. The zero-order valence-corrected chi connectivity index (χ0v) is 11.9. The van der Waals surface area contributed by atoms with E-state index < -0.39 is 0 Å². The standard InChI is InChI=1S/C13H20ClN3O2/c1-2-7-17-12(19)11(14)10(8-15-17)16-13(9-18)5-3-4-6-13/h8,16,18H,2-7,9H2,1H3. The van der Waals surface area contributed by atoms with Crippen molar-refractivity contribution in [3.8, 4) is 0 Å². The molecule has 2 rings (SSSR count). The van der Waals surface area contributed by atoms with Gasteiger partial charge in [-0.25, -0.2) is 4.68 Å². The number of aliphatic hydroxyl groups is 1. The number of hydrogen-bond donors (Lipinski definition) is 2. The van der Waals surface area contributed by atoms with Gasteiger partial charge in [0, 0.05) is 6.54 Å². The van der Waals surface area contributed by atoms with Crippen LogP contribution in [0.5, 0.6) is 0 Å². The van der Waals surface area contributed by atoms with Gasteiger partial charge in [0.25, 0.3) is 5.56 Å². The average Bonchev–Trinajstić information content (AvgIpc) is 2.88. The lowest BCUT2D eigenvalue weighted by Gasteiger charge is -2.29. The molecule has 0 aromatic carbocycles. The fraction of sp³-hybridized carbons (Fsp3) is 0.692. The van der Waals surface area contributed by atoms with Crippen LogP contribution in [0.3, 0.4) is 0 Å². The lowest BCUT2D eigenvalue weighted by molar-refractivity contribution is 0.214. The second-order valence-corrected chi connectivity index (χ2v) is 5.55. The van der Waals surface area contributed by atoms with Gasteiger partial charge in [-0.1, -0.05) is 31.4 Å². The highest BCUT2D eigenvalue weighted by molar-refractivity contribution is 6.32. The third kappa shape index (κ3) is 2.92. The molecule has 2 N–H and O–H groups in total. The van der Waals surface area contributed by atoms with E-state index in [1.807, 2.05) is 6.92 Å². The molecule has 1 saturated carbocycles. The van der Waals surface area contributed by atoms with Crippen molar-refractivity contribution >= 4 is 17.3 Å². The van der Waals surface area contributed by atoms with Crippen LogP contribution in [0.2, 0.25) is 5.02 Å². The molecule has 1 aliphatic rings. The molecule has 0 aliphatic heterocycles. The quantitative estimate of drug-likeness (QED) is 0.869. The van der Waals surface area contributed by atoms with Crippen molar-refractivity contribution in [2.45, 2.75) is 51.1 Å². The minimum absolute atomic E-state index is 0.0430. The summed E-state index contributed by atoms with van der Waals surface area (Å²) < 4.78 is 1.37. The predicted molar refractivity (Wildman–Crippen MR) is 75.7 cm³/mol. The third-order valence-electron chi connectivity index (χ3n) is 3.68. The summed E-state index contributed by atoms with van der Waals surface area (Å²) in [5, 5.41) is 17.1. The van der Waals surface area contributed by atoms with Crippen LogP contribution in [-0.2, 0) is 6.54 Å². The number of rotatable bonds is 5. The fourth-order valence-corrected chi connectivity index (χ4v) is 2.78. The van der Waals surface area contributed by atoms with E-state index in [9.17, 15) is 9.90 Å². The molecule has 0 unspecified atom stereocenters. The predicted octanol–water partition coefficient (Wildman–Crippen LogP) is 2.02. The first kappa shape index (κ1) is 14.3. The van der Waals surface area contributed by atoms with E-state index in [-0.39, 0.29) is 22.7 Å². The molecule has 0 radical (unpaired) electrons. The molecule has 5 nitrogen and oxygen atoms in total. The van der Waals surface area contributed by atoms with E-state index in [0.29, 0.717) is 12.2 Å². The summed E-state index contributed by atoms with van der Waals surface area (Å²) in [6, 6.07) is 0. The number of anilines is 1. The topological polar surface area (TPSA) is 67.2 Å². The van der Waals surface area contributed by atoms with Gasteiger partial charge in [0.2, 0.25) is 0 Å². The Balaban J connectivity index is 2.26. The Bertz CT molecular complexity index is 495. The Kier molecular flexibility index (Phi) is 4.47. The average molecular weight is 286 g/mol. The molecular weight excluding hydrogens is 266 g/mol. The third-order valence-corrected chi connectivity index (χ3v) is 4.05. The molecule has 0 bridgehead atoms. The molecule has 0 spiro atoms. The van der Waals surface area contributed by atoms with Crippen molar-refractivity contribution in [2.75, 3.05) is 11.9 Å². The second kappa shape index (κ2) is 5.92. The highest BCUT2D eigenvalue weighted by Crippen LogP contribution is 2.33. The Labute approximate surface area is 117 Å². The summed E-state index contributed by atoms with van der Waals surface area (Å²) in [6.07, 6.45) is 6.33. The molecule has 1 fully saturated rings. The molecule has 1 aromatic heterocycles. The second-order valence-electron chi connectivity index (χ2n) is 5.17. The summed E-state index contributed by atoms with van der Waals surface area (Å²) in [4.78, 5) is 12.0. The molecule has 106 valence electrons. The van der Waals surface area contributed by atoms with E-state index in [1.165, 1.54) is 4.68 Å². The minimum atomic E-state index is -0.352. The van der Waals surface area contributed by atoms with Gasteiger partial charge in [0.1, 0.15) is 5.02 Å². The van der Waals surface area contributed by atoms with Crippen LogP contribution in [0, 0.1) is 0 Å². The smallest absolute Gasteiger partial charge is 0.287 e.